The number of rotatable bonds is 10. The molecule has 0 bridgehead atoms. The summed E-state index contributed by atoms with van der Waals surface area (Å²) in [6.45, 7) is 10.7. The number of hydrogen-bond donors (Lipinski definition) is 0. The molecule has 7 heteroatoms. The fourth-order valence-electron chi connectivity index (χ4n) is 1.04. The third kappa shape index (κ3) is 13.2. The van der Waals surface area contributed by atoms with E-state index in [4.69, 9.17) is 13.0 Å². The maximum absolute atomic E-state index is 9.70. The molecule has 0 saturated heterocycles. The van der Waals surface area contributed by atoms with Crippen molar-refractivity contribution < 1.29 is 36.8 Å². The van der Waals surface area contributed by atoms with Crippen molar-refractivity contribution in [2.75, 3.05) is 53.7 Å². The fourth-order valence-corrected chi connectivity index (χ4v) is 7.19. The SMILES string of the molecule is CC[O][Ta+]([O]CC)([O]CC)[O]CC.CN(C)CC[O-]. The Labute approximate surface area is 123 Å². The van der Waals surface area contributed by atoms with Crippen LogP contribution in [-0.2, 0) is 31.7 Å². The van der Waals surface area contributed by atoms with Crippen LogP contribution in [-0.4, -0.2) is 58.6 Å². The third-order valence-corrected chi connectivity index (χ3v) is 9.94. The van der Waals surface area contributed by atoms with Gasteiger partial charge in [-0.05, 0) is 20.6 Å². The van der Waals surface area contributed by atoms with Crippen molar-refractivity contribution in [2.24, 2.45) is 0 Å². The van der Waals surface area contributed by atoms with E-state index in [1.807, 2.05) is 46.7 Å². The van der Waals surface area contributed by atoms with Crippen LogP contribution in [0.3, 0.4) is 0 Å². The summed E-state index contributed by atoms with van der Waals surface area (Å²) in [5, 5.41) is 9.70. The standard InChI is InChI=1S/C4H10NO.4C2H5O.Ta/c1-5(2)3-4-6;4*1-2-3;/h3-4H2,1-2H3;4*2H2,1H3;/q5*-1;+5. The largest absolute Gasteiger partial charge is 0.854 e. The van der Waals surface area contributed by atoms with Crippen LogP contribution >= 0.6 is 0 Å². The Kier molecular flexibility index (Phi) is 17.1. The average molecular weight is 449 g/mol. The minimum Gasteiger partial charge on any atom is -0.854 e. The van der Waals surface area contributed by atoms with E-state index < -0.39 is 18.7 Å². The molecule has 0 spiro atoms. The molecule has 0 atom stereocenters. The van der Waals surface area contributed by atoms with Gasteiger partial charge < -0.3 is 10.0 Å². The van der Waals surface area contributed by atoms with Crippen LogP contribution in [0.1, 0.15) is 27.7 Å². The van der Waals surface area contributed by atoms with Gasteiger partial charge in [0.1, 0.15) is 0 Å². The first-order valence-electron chi connectivity index (χ1n) is 6.71. The number of nitrogens with zero attached hydrogens (tertiary/aromatic N) is 1. The molecule has 0 saturated carbocycles. The molecule has 0 aliphatic heterocycles. The van der Waals surface area contributed by atoms with Gasteiger partial charge in [0, 0.05) is 0 Å². The molecule has 118 valence electrons. The smallest absolute Gasteiger partial charge is 0.0137 e. The van der Waals surface area contributed by atoms with E-state index in [1.165, 1.54) is 0 Å². The van der Waals surface area contributed by atoms with Crippen LogP contribution in [0.15, 0.2) is 0 Å². The topological polar surface area (TPSA) is 63.2 Å². The van der Waals surface area contributed by atoms with E-state index in [0.717, 1.165) is 0 Å². The summed E-state index contributed by atoms with van der Waals surface area (Å²) in [5.41, 5.74) is 0. The first-order chi connectivity index (χ1) is 9.01. The minimum absolute atomic E-state index is 0.00694. The van der Waals surface area contributed by atoms with Crippen LogP contribution in [0.2, 0.25) is 0 Å². The maximum atomic E-state index is 9.70. The molecule has 0 amide bonds. The molecular weight excluding hydrogens is 419 g/mol. The van der Waals surface area contributed by atoms with Crippen molar-refractivity contribution in [3.8, 4) is 0 Å². The molecule has 0 aromatic carbocycles. The van der Waals surface area contributed by atoms with E-state index in [-0.39, 0.29) is 6.61 Å². The van der Waals surface area contributed by atoms with E-state index in [9.17, 15) is 5.11 Å². The molecule has 0 aromatic heterocycles. The van der Waals surface area contributed by atoms with Gasteiger partial charge in [-0.25, -0.2) is 0 Å². The second-order valence-corrected chi connectivity index (χ2v) is 10.5. The molecule has 0 radical (unpaired) electrons. The Bertz CT molecular complexity index is 154. The maximum Gasteiger partial charge on any atom is -0.0137 e. The molecule has 0 heterocycles. The van der Waals surface area contributed by atoms with Crippen molar-refractivity contribution in [3.63, 3.8) is 0 Å². The molecular formula is C12H30NO5Ta. The summed E-state index contributed by atoms with van der Waals surface area (Å²) in [6.07, 6.45) is 0. The zero-order valence-corrected chi connectivity index (χ0v) is 16.4. The van der Waals surface area contributed by atoms with Gasteiger partial charge in [-0.1, -0.05) is 0 Å². The predicted octanol–water partition coefficient (Wildman–Crippen LogP) is 0.855. The van der Waals surface area contributed by atoms with E-state index in [0.29, 0.717) is 33.0 Å². The van der Waals surface area contributed by atoms with Crippen molar-refractivity contribution in [1.29, 1.82) is 0 Å². The molecule has 0 aliphatic carbocycles. The third-order valence-electron chi connectivity index (χ3n) is 1.69. The van der Waals surface area contributed by atoms with Gasteiger partial charge >= 0.3 is 85.8 Å². The molecule has 0 aromatic rings. The van der Waals surface area contributed by atoms with Crippen LogP contribution < -0.4 is 5.11 Å². The average Bonchev–Trinajstić information content (AvgIpc) is 2.31. The second-order valence-electron chi connectivity index (χ2n) is 3.63. The normalized spacial score (nSPS) is 11.4. The molecule has 0 N–H and O–H groups in total. The number of likely N-dealkylation sites (N-methyl/N-ethyl adjacent to an activating group) is 1. The predicted molar refractivity (Wildman–Crippen MR) is 69.9 cm³/mol. The van der Waals surface area contributed by atoms with Gasteiger partial charge in [-0.2, -0.15) is 0 Å². The Morgan fingerprint density at radius 1 is 0.789 bits per heavy atom. The van der Waals surface area contributed by atoms with Crippen LogP contribution in [0.5, 0.6) is 0 Å². The van der Waals surface area contributed by atoms with E-state index in [2.05, 4.69) is 0 Å². The monoisotopic (exact) mass is 449 g/mol. The first kappa shape index (κ1) is 21.8. The van der Waals surface area contributed by atoms with E-state index in [1.54, 1.807) is 0 Å². The van der Waals surface area contributed by atoms with Crippen molar-refractivity contribution >= 4 is 0 Å². The van der Waals surface area contributed by atoms with Crippen molar-refractivity contribution in [2.45, 2.75) is 27.7 Å². The zero-order valence-electron chi connectivity index (χ0n) is 13.2. The zero-order chi connectivity index (χ0) is 15.1. The Hall–Kier alpha value is 0.500. The minimum atomic E-state index is -3.62. The van der Waals surface area contributed by atoms with E-state index >= 15 is 0 Å². The van der Waals surface area contributed by atoms with Crippen LogP contribution in [0.25, 0.3) is 0 Å². The quantitative estimate of drug-likeness (QED) is 0.493. The molecule has 0 unspecified atom stereocenters. The molecule has 0 rings (SSSR count). The molecule has 0 fully saturated rings. The van der Waals surface area contributed by atoms with Gasteiger partial charge in [0.2, 0.25) is 0 Å². The van der Waals surface area contributed by atoms with Gasteiger partial charge in [-0.15, -0.1) is 6.61 Å². The summed E-state index contributed by atoms with van der Waals surface area (Å²) in [5.74, 6) is 0. The molecule has 0 aliphatic rings. The number of hydrogen-bond acceptors (Lipinski definition) is 6. The Balaban J connectivity index is 0. The van der Waals surface area contributed by atoms with Crippen molar-refractivity contribution in [1.82, 2.24) is 4.90 Å². The summed E-state index contributed by atoms with van der Waals surface area (Å²) < 4.78 is 22.0. The summed E-state index contributed by atoms with van der Waals surface area (Å²) in [7, 11) is 3.77. The Morgan fingerprint density at radius 3 is 1.21 bits per heavy atom. The first-order valence-corrected chi connectivity index (χ1v) is 12.0. The van der Waals surface area contributed by atoms with Gasteiger partial charge in [-0.3, -0.25) is 0 Å². The summed E-state index contributed by atoms with van der Waals surface area (Å²) >= 11 is -3.62. The second kappa shape index (κ2) is 14.9. The van der Waals surface area contributed by atoms with Gasteiger partial charge in [0.05, 0.1) is 0 Å². The summed E-state index contributed by atoms with van der Waals surface area (Å²) in [4.78, 5) is 1.87. The molecule has 6 nitrogen and oxygen atoms in total. The van der Waals surface area contributed by atoms with Crippen LogP contribution in [0.4, 0.5) is 0 Å². The molecule has 19 heavy (non-hydrogen) atoms. The Morgan fingerprint density at radius 2 is 1.11 bits per heavy atom. The summed E-state index contributed by atoms with van der Waals surface area (Å²) in [6, 6.07) is 0. The van der Waals surface area contributed by atoms with Gasteiger partial charge in [0.15, 0.2) is 0 Å². The van der Waals surface area contributed by atoms with Crippen molar-refractivity contribution in [3.05, 3.63) is 0 Å². The van der Waals surface area contributed by atoms with Gasteiger partial charge in [0.25, 0.3) is 0 Å². The fraction of sp³-hybridized carbons (Fsp3) is 1.00. The van der Waals surface area contributed by atoms with Crippen LogP contribution in [0, 0.1) is 0 Å².